The number of rotatable bonds is 3. The summed E-state index contributed by atoms with van der Waals surface area (Å²) in [5.74, 6) is 0. The van der Waals surface area contributed by atoms with Gasteiger partial charge in [0.15, 0.2) is 6.29 Å². The van der Waals surface area contributed by atoms with Crippen molar-refractivity contribution in [3.63, 3.8) is 0 Å². The molecule has 0 radical (unpaired) electrons. The van der Waals surface area contributed by atoms with Crippen LogP contribution in [0.3, 0.4) is 0 Å². The van der Waals surface area contributed by atoms with Crippen LogP contribution in [-0.2, 0) is 0 Å². The van der Waals surface area contributed by atoms with E-state index in [1.807, 2.05) is 0 Å². The molecule has 1 rings (SSSR count). The van der Waals surface area contributed by atoms with Gasteiger partial charge in [-0.25, -0.2) is 13.8 Å². The predicted molar refractivity (Wildman–Crippen MR) is 46.0 cm³/mol. The Kier molecular flexibility index (Phi) is 3.03. The van der Waals surface area contributed by atoms with Gasteiger partial charge in [0.2, 0.25) is 0 Å². The Balaban J connectivity index is 3.46. The molecular formula is C8H6F2N2O3. The molecule has 0 saturated carbocycles. The van der Waals surface area contributed by atoms with Crippen molar-refractivity contribution in [2.45, 2.75) is 13.3 Å². The predicted octanol–water partition coefficient (Wildman–Crippen LogP) is 2.05. The smallest absolute Gasteiger partial charge is 0.280 e. The summed E-state index contributed by atoms with van der Waals surface area (Å²) in [6, 6.07) is 0.869. The number of carbonyl (C=O) groups is 1. The zero-order valence-electron chi connectivity index (χ0n) is 7.61. The number of aldehydes is 1. The van der Waals surface area contributed by atoms with Crippen LogP contribution in [0.1, 0.15) is 28.2 Å². The number of hydrogen-bond acceptors (Lipinski definition) is 4. The molecule has 0 aliphatic heterocycles. The SMILES string of the molecule is Cc1c([N+](=O)[O-])cc(C=O)nc1C(F)F. The van der Waals surface area contributed by atoms with E-state index in [1.165, 1.54) is 6.92 Å². The van der Waals surface area contributed by atoms with E-state index in [1.54, 1.807) is 0 Å². The Morgan fingerprint density at radius 3 is 2.60 bits per heavy atom. The van der Waals surface area contributed by atoms with E-state index in [-0.39, 0.29) is 17.5 Å². The highest BCUT2D eigenvalue weighted by atomic mass is 19.3. The fourth-order valence-corrected chi connectivity index (χ4v) is 1.10. The molecule has 0 amide bonds. The first-order chi connectivity index (χ1) is 6.97. The van der Waals surface area contributed by atoms with Crippen molar-refractivity contribution in [2.24, 2.45) is 0 Å². The Labute approximate surface area is 82.9 Å². The summed E-state index contributed by atoms with van der Waals surface area (Å²) in [6.45, 7) is 1.17. The lowest BCUT2D eigenvalue weighted by atomic mass is 10.1. The highest BCUT2D eigenvalue weighted by Crippen LogP contribution is 2.27. The van der Waals surface area contributed by atoms with Gasteiger partial charge in [0.1, 0.15) is 11.4 Å². The third-order valence-corrected chi connectivity index (χ3v) is 1.83. The van der Waals surface area contributed by atoms with Gasteiger partial charge in [-0.05, 0) is 6.92 Å². The van der Waals surface area contributed by atoms with Crippen LogP contribution in [0.15, 0.2) is 6.07 Å². The molecule has 0 fully saturated rings. The minimum absolute atomic E-state index is 0.193. The molecule has 0 bridgehead atoms. The monoisotopic (exact) mass is 216 g/mol. The van der Waals surface area contributed by atoms with Gasteiger partial charge < -0.3 is 0 Å². The van der Waals surface area contributed by atoms with E-state index < -0.39 is 22.7 Å². The van der Waals surface area contributed by atoms with Crippen LogP contribution in [0, 0.1) is 17.0 Å². The number of hydrogen-bond donors (Lipinski definition) is 0. The number of nitro groups is 1. The van der Waals surface area contributed by atoms with Crippen molar-refractivity contribution in [1.29, 1.82) is 0 Å². The lowest BCUT2D eigenvalue weighted by Gasteiger charge is -2.04. The second-order valence-corrected chi connectivity index (χ2v) is 2.75. The van der Waals surface area contributed by atoms with E-state index in [0.717, 1.165) is 6.07 Å². The standard InChI is InChI=1S/C8H6F2N2O3/c1-4-6(12(14)15)2-5(3-13)11-7(4)8(9)10/h2-3,8H,1H3. The van der Waals surface area contributed by atoms with E-state index in [4.69, 9.17) is 0 Å². The van der Waals surface area contributed by atoms with Crippen molar-refractivity contribution in [3.8, 4) is 0 Å². The lowest BCUT2D eigenvalue weighted by molar-refractivity contribution is -0.385. The molecule has 0 aliphatic rings. The summed E-state index contributed by atoms with van der Waals surface area (Å²) in [5.41, 5.74) is -1.85. The Morgan fingerprint density at radius 2 is 2.20 bits per heavy atom. The number of halogens is 2. The molecule has 15 heavy (non-hydrogen) atoms. The van der Waals surface area contributed by atoms with Crippen molar-refractivity contribution < 1.29 is 18.5 Å². The van der Waals surface area contributed by atoms with Crippen LogP contribution >= 0.6 is 0 Å². The number of nitrogens with zero attached hydrogens (tertiary/aromatic N) is 2. The van der Waals surface area contributed by atoms with Crippen LogP contribution in [0.4, 0.5) is 14.5 Å². The maximum atomic E-state index is 12.4. The van der Waals surface area contributed by atoms with Crippen LogP contribution in [0.2, 0.25) is 0 Å². The van der Waals surface area contributed by atoms with E-state index in [9.17, 15) is 23.7 Å². The molecule has 0 saturated heterocycles. The van der Waals surface area contributed by atoms with Gasteiger partial charge in [-0.15, -0.1) is 0 Å². The van der Waals surface area contributed by atoms with Crippen LogP contribution in [-0.4, -0.2) is 16.2 Å². The van der Waals surface area contributed by atoms with E-state index in [2.05, 4.69) is 4.98 Å². The van der Waals surface area contributed by atoms with Gasteiger partial charge in [0, 0.05) is 6.07 Å². The molecule has 80 valence electrons. The van der Waals surface area contributed by atoms with Gasteiger partial charge in [-0.1, -0.05) is 0 Å². The van der Waals surface area contributed by atoms with Gasteiger partial charge in [-0.3, -0.25) is 14.9 Å². The summed E-state index contributed by atoms with van der Waals surface area (Å²) in [5, 5.41) is 10.5. The first kappa shape index (κ1) is 11.2. The van der Waals surface area contributed by atoms with Crippen molar-refractivity contribution in [3.05, 3.63) is 33.1 Å². The number of aromatic nitrogens is 1. The molecule has 1 aromatic rings. The first-order valence-corrected chi connectivity index (χ1v) is 3.86. The summed E-state index contributed by atoms with van der Waals surface area (Å²) in [7, 11) is 0. The Bertz CT molecular complexity index is 421. The highest BCUT2D eigenvalue weighted by molar-refractivity contribution is 5.73. The van der Waals surface area contributed by atoms with Gasteiger partial charge in [0.25, 0.3) is 12.1 Å². The summed E-state index contributed by atoms with van der Waals surface area (Å²) in [6.07, 6.45) is -2.75. The van der Waals surface area contributed by atoms with Crippen LogP contribution < -0.4 is 0 Å². The zero-order chi connectivity index (χ0) is 11.6. The second-order valence-electron chi connectivity index (χ2n) is 2.75. The molecule has 0 atom stereocenters. The topological polar surface area (TPSA) is 73.1 Å². The summed E-state index contributed by atoms with van der Waals surface area (Å²) in [4.78, 5) is 23.3. The molecule has 0 aliphatic carbocycles. The molecule has 0 spiro atoms. The van der Waals surface area contributed by atoms with Gasteiger partial charge in [0.05, 0.1) is 10.5 Å². The van der Waals surface area contributed by atoms with Crippen molar-refractivity contribution in [2.75, 3.05) is 0 Å². The third-order valence-electron chi connectivity index (χ3n) is 1.83. The van der Waals surface area contributed by atoms with E-state index >= 15 is 0 Å². The largest absolute Gasteiger partial charge is 0.296 e. The lowest BCUT2D eigenvalue weighted by Crippen LogP contribution is -2.03. The first-order valence-electron chi connectivity index (χ1n) is 3.86. The molecule has 7 heteroatoms. The van der Waals surface area contributed by atoms with Crippen LogP contribution in [0.25, 0.3) is 0 Å². The van der Waals surface area contributed by atoms with Crippen molar-refractivity contribution >= 4 is 12.0 Å². The van der Waals surface area contributed by atoms with Crippen LogP contribution in [0.5, 0.6) is 0 Å². The molecule has 0 aromatic carbocycles. The zero-order valence-corrected chi connectivity index (χ0v) is 7.61. The molecule has 5 nitrogen and oxygen atoms in total. The van der Waals surface area contributed by atoms with E-state index in [0.29, 0.717) is 0 Å². The van der Waals surface area contributed by atoms with Gasteiger partial charge in [-0.2, -0.15) is 0 Å². The quantitative estimate of drug-likeness (QED) is 0.440. The maximum Gasteiger partial charge on any atom is 0.280 e. The normalized spacial score (nSPS) is 10.4. The summed E-state index contributed by atoms with van der Waals surface area (Å²) < 4.78 is 24.8. The molecular weight excluding hydrogens is 210 g/mol. The Hall–Kier alpha value is -1.92. The molecule has 0 N–H and O–H groups in total. The molecule has 1 aromatic heterocycles. The third kappa shape index (κ3) is 2.12. The fraction of sp³-hybridized carbons (Fsp3) is 0.250. The summed E-state index contributed by atoms with van der Waals surface area (Å²) >= 11 is 0. The maximum absolute atomic E-state index is 12.4. The average Bonchev–Trinajstić information content (AvgIpc) is 2.17. The van der Waals surface area contributed by atoms with Gasteiger partial charge >= 0.3 is 0 Å². The molecule has 1 heterocycles. The number of carbonyl (C=O) groups excluding carboxylic acids is 1. The number of pyridine rings is 1. The second kappa shape index (κ2) is 4.07. The fourth-order valence-electron chi connectivity index (χ4n) is 1.10. The molecule has 0 unspecified atom stereocenters. The highest BCUT2D eigenvalue weighted by Gasteiger charge is 2.22. The minimum atomic E-state index is -2.94. The minimum Gasteiger partial charge on any atom is -0.296 e. The van der Waals surface area contributed by atoms with Crippen molar-refractivity contribution in [1.82, 2.24) is 4.98 Å². The Morgan fingerprint density at radius 1 is 1.60 bits per heavy atom. The average molecular weight is 216 g/mol. The number of alkyl halides is 2.